The molecule has 2 fully saturated rings. The van der Waals surface area contributed by atoms with Crippen LogP contribution in [0.25, 0.3) is 0 Å². The molecule has 1 saturated heterocycles. The first-order chi connectivity index (χ1) is 18.0. The largest absolute Gasteiger partial charge is 0.507 e. The van der Waals surface area contributed by atoms with Crippen molar-refractivity contribution in [3.63, 3.8) is 0 Å². The molecule has 3 unspecified atom stereocenters. The Balaban J connectivity index is 1.50. The van der Waals surface area contributed by atoms with Gasteiger partial charge in [0, 0.05) is 17.8 Å². The van der Waals surface area contributed by atoms with Crippen molar-refractivity contribution in [1.29, 1.82) is 0 Å². The van der Waals surface area contributed by atoms with Crippen LogP contribution in [-0.4, -0.2) is 104 Å². The van der Waals surface area contributed by atoms with Gasteiger partial charge < -0.3 is 54.7 Å². The maximum atomic E-state index is 12.6. The molecule has 1 aromatic carbocycles. The molecule has 0 radical (unpaired) electrons. The van der Waals surface area contributed by atoms with Gasteiger partial charge in [-0.3, -0.25) is 0 Å². The topological polar surface area (TPSA) is 230 Å². The highest BCUT2D eigenvalue weighted by molar-refractivity contribution is 5.95. The van der Waals surface area contributed by atoms with Crippen LogP contribution in [0.15, 0.2) is 30.0 Å². The third-order valence-corrected chi connectivity index (χ3v) is 7.16. The minimum atomic E-state index is -1.71. The van der Waals surface area contributed by atoms with E-state index in [1.165, 1.54) is 0 Å². The molecule has 1 aliphatic carbocycles. The van der Waals surface area contributed by atoms with Crippen LogP contribution in [0.2, 0.25) is 0 Å². The van der Waals surface area contributed by atoms with Gasteiger partial charge >= 0.3 is 17.9 Å². The Hall–Kier alpha value is -3.27. The predicted molar refractivity (Wildman–Crippen MR) is 120 cm³/mol. The molecular weight excluding hydrogens is 512 g/mol. The lowest BCUT2D eigenvalue weighted by atomic mass is 9.83. The first-order valence-corrected chi connectivity index (χ1v) is 11.8. The van der Waals surface area contributed by atoms with Crippen LogP contribution in [-0.2, 0) is 23.7 Å². The number of aliphatic carboxylic acids is 1. The van der Waals surface area contributed by atoms with Crippen molar-refractivity contribution in [1.82, 2.24) is 0 Å². The van der Waals surface area contributed by atoms with E-state index in [0.29, 0.717) is 12.8 Å². The van der Waals surface area contributed by atoms with Gasteiger partial charge in [0.05, 0.1) is 30.6 Å². The lowest BCUT2D eigenvalue weighted by molar-refractivity contribution is -0.342. The number of carboxylic acids is 2. The zero-order chi connectivity index (χ0) is 27.7. The fraction of sp³-hybridized carbons (Fsp3) is 0.542. The predicted octanol–water partition coefficient (Wildman–Crippen LogP) is -0.969. The number of carboxylic acid groups (broad SMARTS) is 2. The lowest BCUT2D eigenvalue weighted by Crippen LogP contribution is -2.60. The van der Waals surface area contributed by atoms with Crippen molar-refractivity contribution in [2.24, 2.45) is 17.8 Å². The molecule has 0 spiro atoms. The first-order valence-electron chi connectivity index (χ1n) is 11.8. The van der Waals surface area contributed by atoms with Crippen molar-refractivity contribution in [3.05, 3.63) is 41.2 Å². The van der Waals surface area contributed by atoms with Gasteiger partial charge in [-0.2, -0.15) is 0 Å². The lowest BCUT2D eigenvalue weighted by Gasteiger charge is -2.43. The Morgan fingerprint density at radius 3 is 2.34 bits per heavy atom. The summed E-state index contributed by atoms with van der Waals surface area (Å²) < 4.78 is 22.0. The average Bonchev–Trinajstić information content (AvgIpc) is 3.31. The highest BCUT2D eigenvalue weighted by Crippen LogP contribution is 2.47. The number of carbonyl (C=O) groups is 3. The van der Waals surface area contributed by atoms with E-state index in [1.54, 1.807) is 0 Å². The molecule has 2 aliphatic heterocycles. The van der Waals surface area contributed by atoms with Crippen molar-refractivity contribution in [3.8, 4) is 5.75 Å². The normalized spacial score (nSPS) is 34.5. The number of ether oxygens (including phenoxy) is 4. The average molecular weight is 540 g/mol. The maximum Gasteiger partial charge on any atom is 0.341 e. The second-order valence-electron chi connectivity index (χ2n) is 9.37. The summed E-state index contributed by atoms with van der Waals surface area (Å²) in [4.78, 5) is 35.4. The third kappa shape index (κ3) is 5.32. The van der Waals surface area contributed by atoms with E-state index in [-0.39, 0.29) is 23.3 Å². The quantitative estimate of drug-likeness (QED) is 0.197. The second kappa shape index (κ2) is 11.2. The van der Waals surface area contributed by atoms with Gasteiger partial charge in [0.1, 0.15) is 35.7 Å². The second-order valence-corrected chi connectivity index (χ2v) is 9.37. The van der Waals surface area contributed by atoms with E-state index in [9.17, 15) is 45.0 Å². The van der Waals surface area contributed by atoms with Gasteiger partial charge in [0.2, 0.25) is 6.29 Å². The molecule has 14 heteroatoms. The minimum Gasteiger partial charge on any atom is -0.507 e. The number of hydrogen-bond donors (Lipinski definition) is 7. The van der Waals surface area contributed by atoms with Crippen LogP contribution in [0, 0.1) is 17.8 Å². The summed E-state index contributed by atoms with van der Waals surface area (Å²) in [7, 11) is 0. The number of phenols is 1. The molecule has 0 bridgehead atoms. The summed E-state index contributed by atoms with van der Waals surface area (Å²) >= 11 is 0. The summed E-state index contributed by atoms with van der Waals surface area (Å²) in [5, 5.41) is 68.5. The monoisotopic (exact) mass is 540 g/mol. The highest BCUT2D eigenvalue weighted by atomic mass is 16.8. The number of aromatic carboxylic acids is 1. The van der Waals surface area contributed by atoms with Crippen molar-refractivity contribution >= 4 is 17.9 Å². The zero-order valence-corrected chi connectivity index (χ0v) is 19.8. The van der Waals surface area contributed by atoms with Crippen molar-refractivity contribution in [2.75, 3.05) is 13.2 Å². The first kappa shape index (κ1) is 27.8. The molecule has 0 aromatic heterocycles. The van der Waals surface area contributed by atoms with Gasteiger partial charge in [-0.15, -0.1) is 0 Å². The molecular formula is C24H28O14. The van der Waals surface area contributed by atoms with Gasteiger partial charge in [-0.25, -0.2) is 14.4 Å². The van der Waals surface area contributed by atoms with Crippen LogP contribution in [0.4, 0.5) is 0 Å². The molecule has 2 heterocycles. The Kier molecular flexibility index (Phi) is 8.20. The highest BCUT2D eigenvalue weighted by Gasteiger charge is 2.52. The van der Waals surface area contributed by atoms with Gasteiger partial charge in [-0.05, 0) is 31.0 Å². The summed E-state index contributed by atoms with van der Waals surface area (Å²) in [5.41, 5.74) is -0.512. The SMILES string of the molecule is O=C(O)C1=CO[C@@H](O[C@@H]2O[C@H](CO)[C@@H](O)[C@H](O)[C@H]2O)C2C(COC(=O)c3ccc(C(=O)O)cc3O)CCC12. The number of aliphatic hydroxyl groups is 4. The van der Waals surface area contributed by atoms with Gasteiger partial charge in [-0.1, -0.05) is 0 Å². The smallest absolute Gasteiger partial charge is 0.341 e. The van der Waals surface area contributed by atoms with E-state index in [4.69, 9.17) is 24.1 Å². The molecule has 0 amide bonds. The van der Waals surface area contributed by atoms with E-state index in [1.807, 2.05) is 0 Å². The molecule has 9 atom stereocenters. The van der Waals surface area contributed by atoms with Gasteiger partial charge in [0.15, 0.2) is 6.29 Å². The number of carbonyl (C=O) groups excluding carboxylic acids is 1. The molecule has 7 N–H and O–H groups in total. The number of hydrogen-bond acceptors (Lipinski definition) is 12. The fourth-order valence-electron chi connectivity index (χ4n) is 5.14. The summed E-state index contributed by atoms with van der Waals surface area (Å²) in [5.74, 6) is -5.80. The van der Waals surface area contributed by atoms with Crippen LogP contribution < -0.4 is 0 Å². The molecule has 38 heavy (non-hydrogen) atoms. The molecule has 3 aliphatic rings. The van der Waals surface area contributed by atoms with Crippen LogP contribution in [0.1, 0.15) is 33.6 Å². The number of aromatic hydroxyl groups is 1. The fourth-order valence-corrected chi connectivity index (χ4v) is 5.14. The summed E-state index contributed by atoms with van der Waals surface area (Å²) in [6.45, 7) is -0.908. The molecule has 1 aromatic rings. The van der Waals surface area contributed by atoms with Crippen LogP contribution in [0.3, 0.4) is 0 Å². The Morgan fingerprint density at radius 1 is 0.974 bits per heavy atom. The maximum absolute atomic E-state index is 12.6. The standard InChI is InChI=1S/C24H28O14/c25-6-15-17(27)18(28)19(29)24(37-15)38-23-16-10(2-3-11(16)13(8-36-23)21(32)33)7-35-22(34)12-4-1-9(20(30)31)5-14(12)26/h1,4-5,8,10-11,15-19,23-29H,2-3,6-7H2,(H,30,31)(H,32,33)/t10?,11?,15-,16?,17-,18+,19-,23+,24+/m1/s1. The van der Waals surface area contributed by atoms with E-state index < -0.39 is 85.0 Å². The third-order valence-electron chi connectivity index (χ3n) is 7.16. The van der Waals surface area contributed by atoms with E-state index in [0.717, 1.165) is 24.5 Å². The Morgan fingerprint density at radius 2 is 1.71 bits per heavy atom. The van der Waals surface area contributed by atoms with Crippen molar-refractivity contribution < 1.29 is 69.1 Å². The molecule has 14 nitrogen and oxygen atoms in total. The summed E-state index contributed by atoms with van der Waals surface area (Å²) in [6.07, 6.45) is -7.20. The summed E-state index contributed by atoms with van der Waals surface area (Å²) in [6, 6.07) is 3.15. The Bertz CT molecular complexity index is 1100. The number of aliphatic hydroxyl groups excluding tert-OH is 4. The number of rotatable bonds is 8. The van der Waals surface area contributed by atoms with Gasteiger partial charge in [0.25, 0.3) is 0 Å². The van der Waals surface area contributed by atoms with E-state index >= 15 is 0 Å². The Labute approximate surface area is 215 Å². The van der Waals surface area contributed by atoms with Crippen LogP contribution in [0.5, 0.6) is 5.75 Å². The molecule has 208 valence electrons. The molecule has 1 saturated carbocycles. The number of fused-ring (bicyclic) bond motifs is 1. The number of benzene rings is 1. The van der Waals surface area contributed by atoms with Crippen molar-refractivity contribution in [2.45, 2.75) is 49.8 Å². The number of phenolic OH excluding ortho intramolecular Hbond substituents is 1. The molecule has 4 rings (SSSR count). The zero-order valence-electron chi connectivity index (χ0n) is 19.8. The number of esters is 1. The minimum absolute atomic E-state index is 0.0283. The van der Waals surface area contributed by atoms with Crippen LogP contribution >= 0.6 is 0 Å². The van der Waals surface area contributed by atoms with E-state index in [2.05, 4.69) is 0 Å².